The number of aliphatic hydroxyl groups excluding tert-OH is 2. The van der Waals surface area contributed by atoms with Gasteiger partial charge in [0.1, 0.15) is 11.7 Å². The molecule has 2 aromatic rings. The van der Waals surface area contributed by atoms with Crippen LogP contribution in [0.2, 0.25) is 0 Å². The first kappa shape index (κ1) is 14.6. The minimum Gasteiger partial charge on any atom is -0.393 e. The number of hydrogen-bond acceptors (Lipinski definition) is 7. The highest BCUT2D eigenvalue weighted by Gasteiger charge is 2.54. The van der Waals surface area contributed by atoms with Gasteiger partial charge in [0.25, 0.3) is 5.56 Å². The second kappa shape index (κ2) is 4.87. The van der Waals surface area contributed by atoms with Gasteiger partial charge in [-0.2, -0.15) is 4.98 Å². The van der Waals surface area contributed by atoms with Gasteiger partial charge in [0.15, 0.2) is 23.6 Å². The number of nitrogen functional groups attached to an aromatic ring is 1. The second-order valence-corrected chi connectivity index (χ2v) is 4.99. The summed E-state index contributed by atoms with van der Waals surface area (Å²) in [5.74, 6) is -0.162. The van der Waals surface area contributed by atoms with Crippen LogP contribution in [0.5, 0.6) is 0 Å². The van der Waals surface area contributed by atoms with Gasteiger partial charge in [-0.1, -0.05) is 6.08 Å². The first-order valence-electron chi connectivity index (χ1n) is 6.40. The van der Waals surface area contributed by atoms with Crippen LogP contribution in [-0.4, -0.2) is 54.2 Å². The molecule has 2 aromatic heterocycles. The van der Waals surface area contributed by atoms with Gasteiger partial charge in [-0.25, -0.2) is 9.37 Å². The van der Waals surface area contributed by atoms with Gasteiger partial charge in [0, 0.05) is 0 Å². The maximum Gasteiger partial charge on any atom is 0.280 e. The Morgan fingerprint density at radius 3 is 3.00 bits per heavy atom. The van der Waals surface area contributed by atoms with Crippen molar-refractivity contribution >= 4 is 17.1 Å². The molecule has 1 fully saturated rings. The lowest BCUT2D eigenvalue weighted by atomic mass is 9.97. The summed E-state index contributed by atoms with van der Waals surface area (Å²) in [6.45, 7) is 2.79. The number of alkyl halides is 1. The van der Waals surface area contributed by atoms with Gasteiger partial charge in [-0.3, -0.25) is 14.3 Å². The molecule has 1 aliphatic heterocycles. The Morgan fingerprint density at radius 1 is 1.68 bits per heavy atom. The standard InChI is InChI=1S/C12H14FN5O4/c1-2-12(3-19)7(20)5(13)10(22-12)18-4-15-6-8(18)16-11(14)17-9(6)21/h2,4-5,7,10,19-20H,1,3H2,(H3,14,16,17,21)/t5-,7+,10?,12-/m1/s1. The first-order valence-corrected chi connectivity index (χ1v) is 6.40. The van der Waals surface area contributed by atoms with Gasteiger partial charge < -0.3 is 20.7 Å². The molecule has 0 saturated carbocycles. The van der Waals surface area contributed by atoms with Crippen molar-refractivity contribution in [2.45, 2.75) is 24.1 Å². The molecule has 22 heavy (non-hydrogen) atoms. The van der Waals surface area contributed by atoms with E-state index in [-0.39, 0.29) is 17.1 Å². The normalized spacial score (nSPS) is 31.7. The number of halogens is 1. The summed E-state index contributed by atoms with van der Waals surface area (Å²) in [5.41, 5.74) is 3.22. The maximum atomic E-state index is 14.4. The van der Waals surface area contributed by atoms with E-state index in [1.165, 1.54) is 0 Å². The van der Waals surface area contributed by atoms with Crippen LogP contribution in [-0.2, 0) is 4.74 Å². The van der Waals surface area contributed by atoms with Crippen LogP contribution in [0.3, 0.4) is 0 Å². The summed E-state index contributed by atoms with van der Waals surface area (Å²) in [6.07, 6.45) is -2.55. The molecule has 0 bridgehead atoms. The van der Waals surface area contributed by atoms with Crippen molar-refractivity contribution in [3.05, 3.63) is 29.3 Å². The Bertz CT molecular complexity index is 789. The number of anilines is 1. The molecule has 3 heterocycles. The fourth-order valence-electron chi connectivity index (χ4n) is 2.49. The number of hydrogen-bond donors (Lipinski definition) is 4. The first-order chi connectivity index (χ1) is 10.4. The molecule has 4 atom stereocenters. The van der Waals surface area contributed by atoms with Crippen LogP contribution in [0.15, 0.2) is 23.8 Å². The van der Waals surface area contributed by atoms with Crippen molar-refractivity contribution in [3.63, 3.8) is 0 Å². The van der Waals surface area contributed by atoms with Crippen molar-refractivity contribution in [3.8, 4) is 0 Å². The van der Waals surface area contributed by atoms with Crippen molar-refractivity contribution in [1.29, 1.82) is 0 Å². The fourth-order valence-corrected chi connectivity index (χ4v) is 2.49. The minimum absolute atomic E-state index is 0.0129. The van der Waals surface area contributed by atoms with Gasteiger partial charge in [-0.15, -0.1) is 6.58 Å². The number of ether oxygens (including phenoxy) is 1. The quantitative estimate of drug-likeness (QED) is 0.525. The smallest absolute Gasteiger partial charge is 0.280 e. The predicted octanol–water partition coefficient (Wildman–Crippen LogP) is -1.15. The van der Waals surface area contributed by atoms with Crippen LogP contribution in [0.4, 0.5) is 10.3 Å². The van der Waals surface area contributed by atoms with E-state index >= 15 is 0 Å². The lowest BCUT2D eigenvalue weighted by Gasteiger charge is -2.25. The molecule has 0 spiro atoms. The number of nitrogens with two attached hydrogens (primary N) is 1. The molecular weight excluding hydrogens is 297 g/mol. The van der Waals surface area contributed by atoms with E-state index in [9.17, 15) is 19.4 Å². The maximum absolute atomic E-state index is 14.4. The highest BCUT2D eigenvalue weighted by Crippen LogP contribution is 2.40. The summed E-state index contributed by atoms with van der Waals surface area (Å²) < 4.78 is 21.0. The largest absolute Gasteiger partial charge is 0.393 e. The van der Waals surface area contributed by atoms with Gasteiger partial charge >= 0.3 is 0 Å². The average molecular weight is 311 g/mol. The lowest BCUT2D eigenvalue weighted by Crippen LogP contribution is -2.43. The number of nitrogens with one attached hydrogen (secondary N) is 1. The monoisotopic (exact) mass is 311 g/mol. The van der Waals surface area contributed by atoms with Crippen molar-refractivity contribution < 1.29 is 19.3 Å². The Labute approximate surface area is 122 Å². The van der Waals surface area contributed by atoms with Crippen LogP contribution in [0.1, 0.15) is 6.23 Å². The fraction of sp³-hybridized carbons (Fsp3) is 0.417. The Hall–Kier alpha value is -2.30. The van der Waals surface area contributed by atoms with Crippen LogP contribution in [0.25, 0.3) is 11.2 Å². The summed E-state index contributed by atoms with van der Waals surface area (Å²) in [4.78, 5) is 21.7. The molecule has 1 aliphatic rings. The average Bonchev–Trinajstić information content (AvgIpc) is 3.01. The van der Waals surface area contributed by atoms with Crippen molar-refractivity contribution in [1.82, 2.24) is 19.5 Å². The van der Waals surface area contributed by atoms with Gasteiger partial charge in [0.05, 0.1) is 12.9 Å². The van der Waals surface area contributed by atoms with E-state index in [0.29, 0.717) is 0 Å². The van der Waals surface area contributed by atoms with Crippen LogP contribution in [0, 0.1) is 0 Å². The molecular formula is C12H14FN5O4. The Kier molecular flexibility index (Phi) is 3.24. The Morgan fingerprint density at radius 2 is 2.41 bits per heavy atom. The predicted molar refractivity (Wildman–Crippen MR) is 73.6 cm³/mol. The van der Waals surface area contributed by atoms with Crippen molar-refractivity contribution in [2.24, 2.45) is 0 Å². The number of imidazole rings is 1. The zero-order valence-electron chi connectivity index (χ0n) is 11.3. The molecule has 0 amide bonds. The molecule has 3 rings (SSSR count). The zero-order chi connectivity index (χ0) is 16.1. The van der Waals surface area contributed by atoms with E-state index in [1.54, 1.807) is 0 Å². The van der Waals surface area contributed by atoms with Gasteiger partial charge in [-0.05, 0) is 0 Å². The molecule has 5 N–H and O–H groups in total. The highest BCUT2D eigenvalue weighted by molar-refractivity contribution is 5.70. The Balaban J connectivity index is 2.13. The third-order valence-electron chi connectivity index (χ3n) is 3.73. The minimum atomic E-state index is -1.88. The number of fused-ring (bicyclic) bond motifs is 1. The van der Waals surface area contributed by atoms with Crippen LogP contribution < -0.4 is 11.3 Å². The van der Waals surface area contributed by atoms with E-state index in [4.69, 9.17) is 10.5 Å². The number of rotatable bonds is 3. The topological polar surface area (TPSA) is 139 Å². The van der Waals surface area contributed by atoms with Crippen molar-refractivity contribution in [2.75, 3.05) is 12.3 Å². The molecule has 118 valence electrons. The molecule has 9 nitrogen and oxygen atoms in total. The summed E-state index contributed by atoms with van der Waals surface area (Å²) in [5, 5.41) is 19.4. The molecule has 0 aliphatic carbocycles. The number of aliphatic hydroxyl groups is 2. The number of H-pyrrole nitrogens is 1. The number of nitrogens with zero attached hydrogens (tertiary/aromatic N) is 3. The van der Waals surface area contributed by atoms with E-state index in [2.05, 4.69) is 21.5 Å². The van der Waals surface area contributed by atoms with E-state index < -0.39 is 36.3 Å². The van der Waals surface area contributed by atoms with E-state index in [1.807, 2.05) is 0 Å². The van der Waals surface area contributed by atoms with Gasteiger partial charge in [0.2, 0.25) is 5.95 Å². The summed E-state index contributed by atoms with van der Waals surface area (Å²) in [7, 11) is 0. The molecule has 0 aromatic carbocycles. The molecule has 1 saturated heterocycles. The third-order valence-corrected chi connectivity index (χ3v) is 3.73. The van der Waals surface area contributed by atoms with E-state index in [0.717, 1.165) is 17.0 Å². The second-order valence-electron chi connectivity index (χ2n) is 4.99. The third kappa shape index (κ3) is 1.85. The zero-order valence-corrected chi connectivity index (χ0v) is 11.3. The molecule has 0 radical (unpaired) electrons. The van der Waals surface area contributed by atoms with Crippen LogP contribution >= 0.6 is 0 Å². The molecule has 1 unspecified atom stereocenters. The lowest BCUT2D eigenvalue weighted by molar-refractivity contribution is -0.0960. The summed E-state index contributed by atoms with van der Waals surface area (Å²) in [6, 6.07) is 0. The summed E-state index contributed by atoms with van der Waals surface area (Å²) >= 11 is 0. The molecule has 10 heteroatoms. The SMILES string of the molecule is C=C[C@]1(CO)OC(n2cnc3c(=O)[nH]c(N)nc32)[C@H](F)[C@@H]1O. The number of aromatic amines is 1. The highest BCUT2D eigenvalue weighted by atomic mass is 19.1. The number of aromatic nitrogens is 4.